The maximum Gasteiger partial charge on any atom is 0.139 e. The van der Waals surface area contributed by atoms with Crippen LogP contribution in [0.5, 0.6) is 0 Å². The predicted molar refractivity (Wildman–Crippen MR) is 84.7 cm³/mol. The first kappa shape index (κ1) is 17.7. The Labute approximate surface area is 125 Å². The highest BCUT2D eigenvalue weighted by Crippen LogP contribution is 2.63. The van der Waals surface area contributed by atoms with E-state index in [4.69, 9.17) is 4.74 Å². The van der Waals surface area contributed by atoms with E-state index in [2.05, 4.69) is 48.5 Å². The summed E-state index contributed by atoms with van der Waals surface area (Å²) in [5.41, 5.74) is 0.307. The van der Waals surface area contributed by atoms with Crippen LogP contribution in [0.25, 0.3) is 0 Å². The number of hydrogen-bond acceptors (Lipinski definition) is 2. The van der Waals surface area contributed by atoms with Crippen LogP contribution in [0.4, 0.5) is 0 Å². The molecule has 0 saturated heterocycles. The second-order valence-corrected chi connectivity index (χ2v) is 8.24. The van der Waals surface area contributed by atoms with Gasteiger partial charge in [-0.3, -0.25) is 4.79 Å². The number of ether oxygens (including phenoxy) is 1. The Morgan fingerprint density at radius 2 is 1.60 bits per heavy atom. The van der Waals surface area contributed by atoms with Crippen molar-refractivity contribution in [3.05, 3.63) is 0 Å². The first-order chi connectivity index (χ1) is 9.11. The van der Waals surface area contributed by atoms with E-state index in [0.29, 0.717) is 23.5 Å². The molecule has 0 amide bonds. The van der Waals surface area contributed by atoms with Crippen molar-refractivity contribution in [3.63, 3.8) is 0 Å². The summed E-state index contributed by atoms with van der Waals surface area (Å²) in [5.74, 6) is 2.53. The molecular weight excluding hydrogens is 248 g/mol. The van der Waals surface area contributed by atoms with Crippen LogP contribution in [0.15, 0.2) is 0 Å². The molecule has 20 heavy (non-hydrogen) atoms. The zero-order chi connectivity index (χ0) is 15.6. The van der Waals surface area contributed by atoms with Crippen LogP contribution in [-0.2, 0) is 9.53 Å². The number of carbonyl (C=O) groups excluding carboxylic acids is 1. The normalized spacial score (nSPS) is 30.9. The molecule has 2 unspecified atom stereocenters. The fourth-order valence-corrected chi connectivity index (χ4v) is 3.44. The Bertz CT molecular complexity index is 322. The Morgan fingerprint density at radius 1 is 1.10 bits per heavy atom. The van der Waals surface area contributed by atoms with Crippen LogP contribution in [0.1, 0.15) is 67.7 Å². The number of carbonyl (C=O) groups is 1. The molecule has 2 rings (SSSR count). The van der Waals surface area contributed by atoms with Gasteiger partial charge in [-0.1, -0.05) is 48.5 Å². The lowest BCUT2D eigenvalue weighted by molar-refractivity contribution is -0.128. The highest BCUT2D eigenvalue weighted by Gasteiger charge is 2.61. The lowest BCUT2D eigenvalue weighted by Gasteiger charge is -2.32. The van der Waals surface area contributed by atoms with Crippen molar-refractivity contribution in [1.29, 1.82) is 0 Å². The van der Waals surface area contributed by atoms with Crippen LogP contribution >= 0.6 is 0 Å². The molecule has 2 saturated carbocycles. The molecule has 0 aromatic rings. The second kappa shape index (κ2) is 6.60. The second-order valence-electron chi connectivity index (χ2n) is 8.24. The molecule has 2 aliphatic rings. The van der Waals surface area contributed by atoms with E-state index in [1.165, 1.54) is 6.42 Å². The predicted octanol–water partition coefficient (Wildman–Crippen LogP) is 4.72. The molecule has 0 aromatic heterocycles. The molecule has 2 nitrogen and oxygen atoms in total. The third-order valence-corrected chi connectivity index (χ3v) is 5.39. The van der Waals surface area contributed by atoms with Gasteiger partial charge in [0.15, 0.2) is 0 Å². The number of Topliss-reactive ketones (excluding diaryl/α,β-unsaturated/α-hetero) is 1. The first-order valence-electron chi connectivity index (χ1n) is 8.22. The minimum atomic E-state index is 0.0255. The molecule has 2 fully saturated rings. The monoisotopic (exact) mass is 282 g/mol. The van der Waals surface area contributed by atoms with Gasteiger partial charge in [-0.2, -0.15) is 0 Å². The molecular formula is C18H34O2. The van der Waals surface area contributed by atoms with E-state index in [1.807, 2.05) is 0 Å². The smallest absolute Gasteiger partial charge is 0.139 e. The molecule has 0 aliphatic heterocycles. The Balaban J connectivity index is 0.000000206. The summed E-state index contributed by atoms with van der Waals surface area (Å²) in [6.45, 7) is 17.1. The maximum atomic E-state index is 11.6. The zero-order valence-electron chi connectivity index (χ0n) is 14.6. The van der Waals surface area contributed by atoms with Crippen molar-refractivity contribution in [2.75, 3.05) is 13.2 Å². The third-order valence-electron chi connectivity index (χ3n) is 5.39. The van der Waals surface area contributed by atoms with Crippen molar-refractivity contribution >= 4 is 5.78 Å². The van der Waals surface area contributed by atoms with E-state index in [-0.39, 0.29) is 10.8 Å². The van der Waals surface area contributed by atoms with Crippen LogP contribution in [0.3, 0.4) is 0 Å². The van der Waals surface area contributed by atoms with Gasteiger partial charge in [0, 0.05) is 25.0 Å². The molecule has 0 aromatic carbocycles. The summed E-state index contributed by atoms with van der Waals surface area (Å²) in [5, 5.41) is 0. The van der Waals surface area contributed by atoms with Gasteiger partial charge in [0.05, 0.1) is 0 Å². The van der Waals surface area contributed by atoms with Gasteiger partial charge in [-0.15, -0.1) is 0 Å². The lowest BCUT2D eigenvalue weighted by atomic mass is 9.70. The van der Waals surface area contributed by atoms with Crippen molar-refractivity contribution in [1.82, 2.24) is 0 Å². The quantitative estimate of drug-likeness (QED) is 0.746. The van der Waals surface area contributed by atoms with Crippen molar-refractivity contribution in [2.45, 2.75) is 67.7 Å². The number of rotatable bonds is 4. The minimum absolute atomic E-state index is 0.0255. The van der Waals surface area contributed by atoms with Gasteiger partial charge in [0.25, 0.3) is 0 Å². The maximum absolute atomic E-state index is 11.6. The Hall–Kier alpha value is -0.370. The van der Waals surface area contributed by atoms with Crippen molar-refractivity contribution in [2.24, 2.45) is 28.6 Å². The van der Waals surface area contributed by atoms with Gasteiger partial charge >= 0.3 is 0 Å². The van der Waals surface area contributed by atoms with Gasteiger partial charge in [-0.05, 0) is 36.0 Å². The Morgan fingerprint density at radius 3 is 1.80 bits per heavy atom. The minimum Gasteiger partial charge on any atom is -0.381 e. The zero-order valence-corrected chi connectivity index (χ0v) is 14.6. The van der Waals surface area contributed by atoms with Gasteiger partial charge < -0.3 is 4.74 Å². The summed E-state index contributed by atoms with van der Waals surface area (Å²) in [6.07, 6.45) is 3.25. The fourth-order valence-electron chi connectivity index (χ4n) is 3.44. The summed E-state index contributed by atoms with van der Waals surface area (Å²) < 4.78 is 5.36. The van der Waals surface area contributed by atoms with Gasteiger partial charge in [0.2, 0.25) is 0 Å². The van der Waals surface area contributed by atoms with Crippen LogP contribution in [-0.4, -0.2) is 19.0 Å². The van der Waals surface area contributed by atoms with Crippen LogP contribution in [0.2, 0.25) is 0 Å². The van der Waals surface area contributed by atoms with E-state index >= 15 is 0 Å². The molecule has 118 valence electrons. The average Bonchev–Trinajstić information content (AvgIpc) is 2.62. The number of hydrogen-bond donors (Lipinski definition) is 0. The average molecular weight is 282 g/mol. The fraction of sp³-hybridized carbons (Fsp3) is 0.944. The van der Waals surface area contributed by atoms with E-state index in [9.17, 15) is 4.79 Å². The summed E-state index contributed by atoms with van der Waals surface area (Å²) in [4.78, 5) is 11.6. The summed E-state index contributed by atoms with van der Waals surface area (Å²) in [7, 11) is 0. The molecule has 0 radical (unpaired) electrons. The van der Waals surface area contributed by atoms with Gasteiger partial charge in [-0.25, -0.2) is 0 Å². The van der Waals surface area contributed by atoms with Crippen LogP contribution in [0, 0.1) is 28.6 Å². The lowest BCUT2D eigenvalue weighted by Crippen LogP contribution is -2.32. The SMILES string of the molecule is CC(C)COCC(C)C.CC12CCC(CC1=O)C2(C)C. The third kappa shape index (κ3) is 3.63. The highest BCUT2D eigenvalue weighted by molar-refractivity contribution is 5.89. The van der Waals surface area contributed by atoms with Crippen LogP contribution < -0.4 is 0 Å². The highest BCUT2D eigenvalue weighted by atomic mass is 16.5. The summed E-state index contributed by atoms with van der Waals surface area (Å²) in [6, 6.07) is 0. The molecule has 0 spiro atoms. The first-order valence-corrected chi connectivity index (χ1v) is 8.22. The summed E-state index contributed by atoms with van der Waals surface area (Å²) >= 11 is 0. The largest absolute Gasteiger partial charge is 0.381 e. The van der Waals surface area contributed by atoms with E-state index in [1.54, 1.807) is 0 Å². The molecule has 2 aliphatic carbocycles. The molecule has 0 heterocycles. The van der Waals surface area contributed by atoms with Crippen molar-refractivity contribution < 1.29 is 9.53 Å². The Kier molecular flexibility index (Phi) is 5.83. The number of ketones is 1. The standard InChI is InChI=1S/C10H16O.C8H18O/c1-9(2)7-4-5-10(9,3)8(11)6-7;1-7(2)5-9-6-8(3)4/h7H,4-6H2,1-3H3;7-8H,5-6H2,1-4H3. The van der Waals surface area contributed by atoms with Gasteiger partial charge in [0.1, 0.15) is 5.78 Å². The molecule has 2 heteroatoms. The molecule has 0 N–H and O–H groups in total. The van der Waals surface area contributed by atoms with E-state index < -0.39 is 0 Å². The topological polar surface area (TPSA) is 26.3 Å². The molecule has 2 bridgehead atoms. The van der Waals surface area contributed by atoms with Crippen molar-refractivity contribution in [3.8, 4) is 0 Å². The molecule has 2 atom stereocenters. The number of fused-ring (bicyclic) bond motifs is 2. The van der Waals surface area contributed by atoms with E-state index in [0.717, 1.165) is 26.1 Å².